The number of esters is 1. The highest BCUT2D eigenvalue weighted by Gasteiger charge is 2.39. The molecule has 1 aliphatic rings. The van der Waals surface area contributed by atoms with Gasteiger partial charge in [0.1, 0.15) is 10.7 Å². The minimum Gasteiger partial charge on any atom is -0.462 e. The van der Waals surface area contributed by atoms with Gasteiger partial charge in [0, 0.05) is 5.69 Å². The number of carbonyl (C=O) groups excluding carboxylic acids is 3. The van der Waals surface area contributed by atoms with Crippen LogP contribution in [0.5, 0.6) is 0 Å². The first-order valence-electron chi connectivity index (χ1n) is 10.6. The van der Waals surface area contributed by atoms with Gasteiger partial charge in [-0.05, 0) is 67.6 Å². The van der Waals surface area contributed by atoms with Gasteiger partial charge in [-0.15, -0.1) is 10.2 Å². The lowest BCUT2D eigenvalue weighted by molar-refractivity contribution is -0.120. The Bertz CT molecular complexity index is 1510. The molecule has 2 amide bonds. The topological polar surface area (TPSA) is 148 Å². The summed E-state index contributed by atoms with van der Waals surface area (Å²) in [7, 11) is -3.98. The van der Waals surface area contributed by atoms with Crippen molar-refractivity contribution in [1.29, 1.82) is 0 Å². The summed E-state index contributed by atoms with van der Waals surface area (Å²) < 4.78 is 32.4. The van der Waals surface area contributed by atoms with E-state index >= 15 is 0 Å². The first kappa shape index (κ1) is 26.1. The van der Waals surface area contributed by atoms with E-state index in [1.54, 1.807) is 6.92 Å². The number of nitrogens with one attached hydrogen (secondary N) is 2. The predicted octanol–water partition coefficient (Wildman–Crippen LogP) is 3.54. The fourth-order valence-corrected chi connectivity index (χ4v) is 4.55. The quantitative estimate of drug-likeness (QED) is 0.311. The number of hydrogen-bond acceptors (Lipinski definition) is 9. The molecule has 0 unspecified atom stereocenters. The van der Waals surface area contributed by atoms with Gasteiger partial charge in [0.15, 0.2) is 11.0 Å². The number of benzene rings is 2. The molecule has 0 saturated heterocycles. The number of amides is 2. The van der Waals surface area contributed by atoms with Crippen molar-refractivity contribution in [3.8, 4) is 0 Å². The summed E-state index contributed by atoms with van der Waals surface area (Å²) in [5.41, 5.74) is 0.580. The van der Waals surface area contributed by atoms with Crippen LogP contribution in [0.25, 0.3) is 0 Å². The first-order chi connectivity index (χ1) is 17.6. The van der Waals surface area contributed by atoms with Crippen LogP contribution in [0.3, 0.4) is 0 Å². The Balaban J connectivity index is 1.48. The number of rotatable bonds is 8. The van der Waals surface area contributed by atoms with Crippen molar-refractivity contribution in [2.75, 3.05) is 21.5 Å². The molecule has 2 N–H and O–H groups in total. The largest absolute Gasteiger partial charge is 0.462 e. The van der Waals surface area contributed by atoms with Gasteiger partial charge in [0.25, 0.3) is 21.8 Å². The standard InChI is InChI=1S/C23H17Cl2N5O6S/c1-2-36-23(33)13-3-7-15(8-4-13)30-21(31)19(25)20(22(30)32)26-14-5-9-16(10-6-14)37(34,35)29-18-12-11-17(24)27-28-18/h3-12,26H,2H2,1H3,(H,28,29). The van der Waals surface area contributed by atoms with E-state index in [9.17, 15) is 22.8 Å². The molecule has 0 aliphatic carbocycles. The number of carbonyl (C=O) groups is 3. The van der Waals surface area contributed by atoms with Crippen molar-refractivity contribution in [3.63, 3.8) is 0 Å². The number of nitrogens with zero attached hydrogens (tertiary/aromatic N) is 3. The van der Waals surface area contributed by atoms with Crippen molar-refractivity contribution in [3.05, 3.63) is 82.1 Å². The maximum absolute atomic E-state index is 13.0. The van der Waals surface area contributed by atoms with Gasteiger partial charge >= 0.3 is 5.97 Å². The summed E-state index contributed by atoms with van der Waals surface area (Å²) in [4.78, 5) is 38.3. The summed E-state index contributed by atoms with van der Waals surface area (Å²) in [6.45, 7) is 1.88. The number of halogens is 2. The fraction of sp³-hybridized carbons (Fsp3) is 0.0870. The Morgan fingerprint density at radius 1 is 0.946 bits per heavy atom. The average Bonchev–Trinajstić information content (AvgIpc) is 3.09. The zero-order valence-corrected chi connectivity index (χ0v) is 21.3. The Morgan fingerprint density at radius 3 is 2.22 bits per heavy atom. The summed E-state index contributed by atoms with van der Waals surface area (Å²) >= 11 is 11.8. The Labute approximate surface area is 221 Å². The lowest BCUT2D eigenvalue weighted by Gasteiger charge is -2.15. The molecule has 190 valence electrons. The predicted molar refractivity (Wildman–Crippen MR) is 136 cm³/mol. The van der Waals surface area contributed by atoms with Crippen molar-refractivity contribution >= 4 is 68.2 Å². The van der Waals surface area contributed by atoms with Crippen LogP contribution in [-0.2, 0) is 24.3 Å². The molecule has 1 aliphatic heterocycles. The van der Waals surface area contributed by atoms with Crippen LogP contribution in [0.1, 0.15) is 17.3 Å². The zero-order valence-electron chi connectivity index (χ0n) is 18.9. The van der Waals surface area contributed by atoms with E-state index in [1.165, 1.54) is 60.7 Å². The third-order valence-corrected chi connectivity index (χ3v) is 6.89. The molecule has 2 heterocycles. The van der Waals surface area contributed by atoms with Gasteiger partial charge in [-0.1, -0.05) is 23.2 Å². The number of ether oxygens (including phenoxy) is 1. The van der Waals surface area contributed by atoms with E-state index in [1.807, 2.05) is 0 Å². The Morgan fingerprint density at radius 2 is 1.62 bits per heavy atom. The van der Waals surface area contributed by atoms with Crippen molar-refractivity contribution in [2.45, 2.75) is 11.8 Å². The number of hydrogen-bond donors (Lipinski definition) is 2. The molecule has 0 saturated carbocycles. The van der Waals surface area contributed by atoms with Gasteiger partial charge in [0.05, 0.1) is 22.8 Å². The van der Waals surface area contributed by atoms with Gasteiger partial charge < -0.3 is 10.1 Å². The fourth-order valence-electron chi connectivity index (χ4n) is 3.24. The van der Waals surface area contributed by atoms with Crippen LogP contribution in [-0.4, -0.2) is 43.0 Å². The lowest BCUT2D eigenvalue weighted by atomic mass is 10.2. The third kappa shape index (κ3) is 5.56. The Kier molecular flexibility index (Phi) is 7.43. The van der Waals surface area contributed by atoms with Crippen LogP contribution in [0, 0.1) is 0 Å². The minimum atomic E-state index is -3.98. The van der Waals surface area contributed by atoms with E-state index < -0.39 is 27.8 Å². The summed E-state index contributed by atoms with van der Waals surface area (Å²) in [6, 6.07) is 13.8. The van der Waals surface area contributed by atoms with E-state index in [0.29, 0.717) is 5.69 Å². The van der Waals surface area contributed by atoms with Gasteiger partial charge in [-0.3, -0.25) is 14.3 Å². The molecule has 11 nitrogen and oxygen atoms in total. The van der Waals surface area contributed by atoms with Gasteiger partial charge in [0.2, 0.25) is 0 Å². The summed E-state index contributed by atoms with van der Waals surface area (Å²) in [5, 5.41) is 9.75. The maximum Gasteiger partial charge on any atom is 0.338 e. The molecule has 0 atom stereocenters. The summed E-state index contributed by atoms with van der Waals surface area (Å²) in [5.74, 6) is -2.04. The zero-order chi connectivity index (χ0) is 26.7. The molecular formula is C23H17Cl2N5O6S. The molecule has 0 spiro atoms. The van der Waals surface area contributed by atoms with E-state index in [4.69, 9.17) is 27.9 Å². The molecule has 37 heavy (non-hydrogen) atoms. The highest BCUT2D eigenvalue weighted by molar-refractivity contribution is 7.92. The SMILES string of the molecule is CCOC(=O)c1ccc(N2C(=O)C(Cl)=C(Nc3ccc(S(=O)(=O)Nc4ccc(Cl)nn4)cc3)C2=O)cc1. The highest BCUT2D eigenvalue weighted by atomic mass is 35.5. The van der Waals surface area contributed by atoms with Crippen LogP contribution in [0.2, 0.25) is 5.15 Å². The molecular weight excluding hydrogens is 545 g/mol. The lowest BCUT2D eigenvalue weighted by Crippen LogP contribution is -2.32. The number of sulfonamides is 1. The van der Waals surface area contributed by atoms with E-state index in [0.717, 1.165) is 4.90 Å². The van der Waals surface area contributed by atoms with Crippen molar-refractivity contribution in [2.24, 2.45) is 0 Å². The highest BCUT2D eigenvalue weighted by Crippen LogP contribution is 2.30. The monoisotopic (exact) mass is 561 g/mol. The second-order valence-electron chi connectivity index (χ2n) is 7.40. The number of imide groups is 1. The minimum absolute atomic E-state index is 0.0195. The number of anilines is 3. The van der Waals surface area contributed by atoms with E-state index in [-0.39, 0.29) is 44.5 Å². The van der Waals surface area contributed by atoms with E-state index in [2.05, 4.69) is 20.2 Å². The van der Waals surface area contributed by atoms with Crippen LogP contribution < -0.4 is 14.9 Å². The smallest absolute Gasteiger partial charge is 0.338 e. The molecule has 0 radical (unpaired) electrons. The second-order valence-corrected chi connectivity index (χ2v) is 9.85. The second kappa shape index (κ2) is 10.5. The Hall–Kier alpha value is -4.00. The molecule has 1 aromatic heterocycles. The molecule has 0 fully saturated rings. The van der Waals surface area contributed by atoms with Crippen molar-refractivity contribution in [1.82, 2.24) is 10.2 Å². The van der Waals surface area contributed by atoms with Gasteiger partial charge in [-0.25, -0.2) is 18.1 Å². The van der Waals surface area contributed by atoms with Crippen LogP contribution in [0.4, 0.5) is 17.2 Å². The third-order valence-electron chi connectivity index (χ3n) is 4.97. The number of aromatic nitrogens is 2. The van der Waals surface area contributed by atoms with Crippen LogP contribution >= 0.6 is 23.2 Å². The maximum atomic E-state index is 13.0. The normalized spacial score (nSPS) is 13.6. The van der Waals surface area contributed by atoms with Crippen LogP contribution in [0.15, 0.2) is 76.3 Å². The van der Waals surface area contributed by atoms with Gasteiger partial charge in [-0.2, -0.15) is 0 Å². The molecule has 0 bridgehead atoms. The molecule has 14 heteroatoms. The molecule has 2 aromatic carbocycles. The average molecular weight is 562 g/mol. The molecule has 4 rings (SSSR count). The molecule has 3 aromatic rings. The van der Waals surface area contributed by atoms with Crippen molar-refractivity contribution < 1.29 is 27.5 Å². The first-order valence-corrected chi connectivity index (χ1v) is 12.8. The summed E-state index contributed by atoms with van der Waals surface area (Å²) in [6.07, 6.45) is 0.